The number of carbonyl (C=O) groups is 1. The van der Waals surface area contributed by atoms with E-state index in [0.29, 0.717) is 18.3 Å². The highest BCUT2D eigenvalue weighted by Crippen LogP contribution is 2.24. The second kappa shape index (κ2) is 5.89. The topological polar surface area (TPSA) is 46.5 Å². The van der Waals surface area contributed by atoms with Crippen LogP contribution in [-0.4, -0.2) is 17.7 Å². The van der Waals surface area contributed by atoms with Crippen LogP contribution in [0.2, 0.25) is 0 Å². The number of aromatic carboxylic acids is 1. The monoisotopic (exact) mass is 286 g/mol. The van der Waals surface area contributed by atoms with Gasteiger partial charge in [0.2, 0.25) is 0 Å². The Kier molecular flexibility index (Phi) is 4.80. The highest BCUT2D eigenvalue weighted by Gasteiger charge is 2.12. The van der Waals surface area contributed by atoms with Crippen molar-refractivity contribution in [3.63, 3.8) is 0 Å². The van der Waals surface area contributed by atoms with Crippen LogP contribution in [0.3, 0.4) is 0 Å². The summed E-state index contributed by atoms with van der Waals surface area (Å²) >= 11 is 3.30. The van der Waals surface area contributed by atoms with Gasteiger partial charge in [-0.3, -0.25) is 0 Å². The molecule has 1 unspecified atom stereocenters. The second-order valence-corrected chi connectivity index (χ2v) is 4.69. The van der Waals surface area contributed by atoms with Crippen LogP contribution < -0.4 is 4.74 Å². The Labute approximate surface area is 104 Å². The molecule has 16 heavy (non-hydrogen) atoms. The number of halogens is 1. The first-order valence-corrected chi connectivity index (χ1v) is 5.99. The summed E-state index contributed by atoms with van der Waals surface area (Å²) in [4.78, 5) is 11.0. The molecule has 0 bridgehead atoms. The van der Waals surface area contributed by atoms with Gasteiger partial charge in [0.25, 0.3) is 0 Å². The number of benzene rings is 1. The van der Waals surface area contributed by atoms with E-state index in [1.165, 1.54) is 0 Å². The summed E-state index contributed by atoms with van der Waals surface area (Å²) in [6, 6.07) is 4.92. The van der Waals surface area contributed by atoms with Crippen LogP contribution in [0, 0.1) is 5.92 Å². The van der Waals surface area contributed by atoms with Crippen molar-refractivity contribution in [1.82, 2.24) is 0 Å². The predicted molar refractivity (Wildman–Crippen MR) is 66.1 cm³/mol. The second-order valence-electron chi connectivity index (χ2n) is 3.77. The third-order valence-electron chi connectivity index (χ3n) is 2.39. The normalized spacial score (nSPS) is 12.2. The van der Waals surface area contributed by atoms with Crippen LogP contribution in [0.15, 0.2) is 22.7 Å². The van der Waals surface area contributed by atoms with Crippen molar-refractivity contribution in [2.75, 3.05) is 6.61 Å². The molecule has 0 amide bonds. The number of carboxylic acid groups (broad SMARTS) is 1. The molecule has 0 saturated carbocycles. The fraction of sp³-hybridized carbons (Fsp3) is 0.417. The number of carboxylic acids is 1. The van der Waals surface area contributed by atoms with E-state index in [-0.39, 0.29) is 5.56 Å². The third-order valence-corrected chi connectivity index (χ3v) is 2.89. The van der Waals surface area contributed by atoms with E-state index in [1.807, 2.05) is 0 Å². The molecular weight excluding hydrogens is 272 g/mol. The van der Waals surface area contributed by atoms with Crippen LogP contribution in [0.4, 0.5) is 0 Å². The van der Waals surface area contributed by atoms with Crippen molar-refractivity contribution >= 4 is 21.9 Å². The zero-order chi connectivity index (χ0) is 12.1. The lowest BCUT2D eigenvalue weighted by molar-refractivity contribution is 0.0691. The van der Waals surface area contributed by atoms with Gasteiger partial charge in [-0.15, -0.1) is 0 Å². The zero-order valence-electron chi connectivity index (χ0n) is 9.37. The van der Waals surface area contributed by atoms with E-state index in [4.69, 9.17) is 9.84 Å². The van der Waals surface area contributed by atoms with E-state index < -0.39 is 5.97 Å². The number of hydrogen-bond donors (Lipinski definition) is 1. The first-order chi connectivity index (χ1) is 7.54. The molecule has 0 fully saturated rings. The van der Waals surface area contributed by atoms with Gasteiger partial charge in [-0.1, -0.05) is 36.2 Å². The largest absolute Gasteiger partial charge is 0.492 e. The minimum Gasteiger partial charge on any atom is -0.492 e. The highest BCUT2D eigenvalue weighted by atomic mass is 79.9. The molecule has 1 aromatic carbocycles. The average Bonchev–Trinajstić information content (AvgIpc) is 2.25. The molecule has 0 spiro atoms. The fourth-order valence-corrected chi connectivity index (χ4v) is 1.48. The molecule has 0 aromatic heterocycles. The maximum atomic E-state index is 11.0. The van der Waals surface area contributed by atoms with E-state index in [1.54, 1.807) is 18.2 Å². The van der Waals surface area contributed by atoms with E-state index in [0.717, 1.165) is 10.9 Å². The Morgan fingerprint density at radius 2 is 2.25 bits per heavy atom. The van der Waals surface area contributed by atoms with E-state index >= 15 is 0 Å². The quantitative estimate of drug-likeness (QED) is 0.900. The molecule has 3 nitrogen and oxygen atoms in total. The van der Waals surface area contributed by atoms with Crippen molar-refractivity contribution in [1.29, 1.82) is 0 Å². The Bertz CT molecular complexity index is 377. The lowest BCUT2D eigenvalue weighted by Crippen LogP contribution is -2.10. The van der Waals surface area contributed by atoms with Crippen molar-refractivity contribution in [2.24, 2.45) is 5.92 Å². The first-order valence-electron chi connectivity index (χ1n) is 5.20. The van der Waals surface area contributed by atoms with Crippen molar-refractivity contribution in [3.8, 4) is 5.75 Å². The van der Waals surface area contributed by atoms with Gasteiger partial charge in [0.1, 0.15) is 11.3 Å². The highest BCUT2D eigenvalue weighted by molar-refractivity contribution is 9.10. The van der Waals surface area contributed by atoms with Crippen molar-refractivity contribution < 1.29 is 14.6 Å². The molecule has 0 radical (unpaired) electrons. The Balaban J connectivity index is 2.84. The van der Waals surface area contributed by atoms with Gasteiger partial charge in [0.05, 0.1) is 6.61 Å². The zero-order valence-corrected chi connectivity index (χ0v) is 11.0. The number of rotatable bonds is 5. The Morgan fingerprint density at radius 1 is 1.56 bits per heavy atom. The average molecular weight is 287 g/mol. The van der Waals surface area contributed by atoms with E-state index in [2.05, 4.69) is 29.8 Å². The summed E-state index contributed by atoms with van der Waals surface area (Å²) in [5.41, 5.74) is 0.200. The van der Waals surface area contributed by atoms with Crippen LogP contribution in [0.5, 0.6) is 5.75 Å². The summed E-state index contributed by atoms with van der Waals surface area (Å²) in [6.45, 7) is 4.68. The summed E-state index contributed by atoms with van der Waals surface area (Å²) in [5, 5.41) is 8.98. The molecule has 1 atom stereocenters. The van der Waals surface area contributed by atoms with Gasteiger partial charge < -0.3 is 9.84 Å². The molecule has 0 saturated heterocycles. The van der Waals surface area contributed by atoms with E-state index in [9.17, 15) is 4.79 Å². The Hall–Kier alpha value is -1.03. The Morgan fingerprint density at radius 3 is 2.81 bits per heavy atom. The van der Waals surface area contributed by atoms with Crippen LogP contribution in [0.25, 0.3) is 0 Å². The molecule has 0 aliphatic heterocycles. The molecule has 1 N–H and O–H groups in total. The lowest BCUT2D eigenvalue weighted by Gasteiger charge is -2.13. The molecule has 88 valence electrons. The maximum absolute atomic E-state index is 11.0. The van der Waals surface area contributed by atoms with Gasteiger partial charge in [-0.05, 0) is 24.1 Å². The summed E-state index contributed by atoms with van der Waals surface area (Å²) in [6.07, 6.45) is 1.01. The van der Waals surface area contributed by atoms with Crippen molar-refractivity contribution in [2.45, 2.75) is 20.3 Å². The minimum atomic E-state index is -0.966. The SMILES string of the molecule is CCC(C)COc1cc(Br)ccc1C(=O)O. The van der Waals surface area contributed by atoms with Crippen molar-refractivity contribution in [3.05, 3.63) is 28.2 Å². The molecular formula is C12H15BrO3. The van der Waals surface area contributed by atoms with Gasteiger partial charge in [-0.25, -0.2) is 4.79 Å². The molecule has 4 heteroatoms. The molecule has 1 rings (SSSR count). The number of ether oxygens (including phenoxy) is 1. The molecule has 1 aromatic rings. The van der Waals surface area contributed by atoms with Crippen LogP contribution in [0.1, 0.15) is 30.6 Å². The lowest BCUT2D eigenvalue weighted by atomic mass is 10.1. The molecule has 0 aliphatic rings. The van der Waals surface area contributed by atoms with Crippen LogP contribution >= 0.6 is 15.9 Å². The van der Waals surface area contributed by atoms with Gasteiger partial charge in [0, 0.05) is 4.47 Å². The summed E-state index contributed by atoms with van der Waals surface area (Å²) < 4.78 is 6.34. The number of hydrogen-bond acceptors (Lipinski definition) is 2. The molecule has 0 heterocycles. The summed E-state index contributed by atoms with van der Waals surface area (Å²) in [7, 11) is 0. The summed E-state index contributed by atoms with van der Waals surface area (Å²) in [5.74, 6) is -0.130. The van der Waals surface area contributed by atoms with Gasteiger partial charge in [-0.2, -0.15) is 0 Å². The standard InChI is InChI=1S/C12H15BrO3/c1-3-8(2)7-16-11-6-9(13)4-5-10(11)12(14)15/h4-6,8H,3,7H2,1-2H3,(H,14,15). The van der Waals surface area contributed by atoms with Crippen LogP contribution in [-0.2, 0) is 0 Å². The van der Waals surface area contributed by atoms with Gasteiger partial charge in [0.15, 0.2) is 0 Å². The smallest absolute Gasteiger partial charge is 0.339 e. The maximum Gasteiger partial charge on any atom is 0.339 e. The first kappa shape index (κ1) is 13.0. The van der Waals surface area contributed by atoms with Gasteiger partial charge >= 0.3 is 5.97 Å². The fourth-order valence-electron chi connectivity index (χ4n) is 1.14. The minimum absolute atomic E-state index is 0.200. The third kappa shape index (κ3) is 3.52. The predicted octanol–water partition coefficient (Wildman–Crippen LogP) is 3.57. The molecule has 0 aliphatic carbocycles.